The third kappa shape index (κ3) is 4.41. The van der Waals surface area contributed by atoms with Crippen LogP contribution in [0, 0.1) is 0 Å². The molecule has 3 aliphatic heterocycles. The van der Waals surface area contributed by atoms with Crippen molar-refractivity contribution < 1.29 is 9.53 Å². The summed E-state index contributed by atoms with van der Waals surface area (Å²) in [6, 6.07) is 0. The topological polar surface area (TPSA) is 60.4 Å². The van der Waals surface area contributed by atoms with Crippen LogP contribution in [0.1, 0.15) is 13.3 Å². The summed E-state index contributed by atoms with van der Waals surface area (Å²) in [5.74, 6) is 3.54. The number of guanidine groups is 1. The fourth-order valence-electron chi connectivity index (χ4n) is 3.94. The second-order valence-electron chi connectivity index (χ2n) is 7.02. The van der Waals surface area contributed by atoms with Gasteiger partial charge in [-0.1, -0.05) is 0 Å². The third-order valence-electron chi connectivity index (χ3n) is 5.58. The number of carbonyl (C=O) groups excluding carboxylic acids is 1. The minimum Gasteiger partial charge on any atom is -0.379 e. The second kappa shape index (κ2) is 8.60. The van der Waals surface area contributed by atoms with Crippen LogP contribution in [0.15, 0.2) is 4.99 Å². The molecule has 25 heavy (non-hydrogen) atoms. The van der Waals surface area contributed by atoms with Gasteiger partial charge >= 0.3 is 0 Å². The summed E-state index contributed by atoms with van der Waals surface area (Å²) in [6.07, 6.45) is 1.22. The third-order valence-corrected chi connectivity index (χ3v) is 6.81. The Hall–Kier alpha value is -0.990. The van der Waals surface area contributed by atoms with Gasteiger partial charge in [-0.05, 0) is 12.2 Å². The van der Waals surface area contributed by atoms with Crippen molar-refractivity contribution in [1.29, 1.82) is 0 Å². The molecule has 3 aliphatic rings. The predicted octanol–water partition coefficient (Wildman–Crippen LogP) is -0.0662. The van der Waals surface area contributed by atoms with Gasteiger partial charge in [0.05, 0.1) is 13.2 Å². The van der Waals surface area contributed by atoms with Crippen LogP contribution >= 0.6 is 11.8 Å². The van der Waals surface area contributed by atoms with Gasteiger partial charge in [0, 0.05) is 71.1 Å². The van der Waals surface area contributed by atoms with Crippen LogP contribution in [-0.2, 0) is 9.53 Å². The smallest absolute Gasteiger partial charge is 0.219 e. The summed E-state index contributed by atoms with van der Waals surface area (Å²) in [7, 11) is 1.85. The number of carbonyl (C=O) groups is 1. The van der Waals surface area contributed by atoms with Gasteiger partial charge in [0.2, 0.25) is 5.91 Å². The molecule has 0 radical (unpaired) electrons. The molecule has 3 saturated heterocycles. The monoisotopic (exact) mass is 369 g/mol. The number of thioether (sulfide) groups is 1. The van der Waals surface area contributed by atoms with E-state index in [2.05, 4.69) is 31.9 Å². The van der Waals surface area contributed by atoms with Crippen LogP contribution in [0.2, 0.25) is 0 Å². The first-order valence-corrected chi connectivity index (χ1v) is 10.4. The normalized spacial score (nSPS) is 29.1. The Morgan fingerprint density at radius 1 is 1.16 bits per heavy atom. The summed E-state index contributed by atoms with van der Waals surface area (Å²) in [5, 5.41) is 3.64. The highest BCUT2D eigenvalue weighted by Gasteiger charge is 2.41. The van der Waals surface area contributed by atoms with Gasteiger partial charge in [0.25, 0.3) is 0 Å². The Morgan fingerprint density at radius 3 is 2.40 bits per heavy atom. The number of rotatable bonds is 3. The molecule has 3 heterocycles. The van der Waals surface area contributed by atoms with Crippen molar-refractivity contribution in [3.05, 3.63) is 0 Å². The molecule has 0 saturated carbocycles. The molecule has 7 nitrogen and oxygen atoms in total. The van der Waals surface area contributed by atoms with Crippen molar-refractivity contribution in [1.82, 2.24) is 20.0 Å². The van der Waals surface area contributed by atoms with Crippen LogP contribution < -0.4 is 5.32 Å². The number of amides is 1. The van der Waals surface area contributed by atoms with E-state index in [1.54, 1.807) is 6.92 Å². The van der Waals surface area contributed by atoms with E-state index in [1.165, 1.54) is 17.9 Å². The Labute approximate surface area is 155 Å². The molecule has 142 valence electrons. The van der Waals surface area contributed by atoms with E-state index in [-0.39, 0.29) is 11.4 Å². The van der Waals surface area contributed by atoms with Gasteiger partial charge in [0.15, 0.2) is 5.96 Å². The summed E-state index contributed by atoms with van der Waals surface area (Å²) < 4.78 is 5.54. The molecule has 1 amide bonds. The van der Waals surface area contributed by atoms with Crippen molar-refractivity contribution in [2.45, 2.75) is 18.9 Å². The summed E-state index contributed by atoms with van der Waals surface area (Å²) in [5.41, 5.74) is 0.214. The lowest BCUT2D eigenvalue weighted by molar-refractivity contribution is -0.130. The van der Waals surface area contributed by atoms with Gasteiger partial charge in [-0.15, -0.1) is 0 Å². The highest BCUT2D eigenvalue weighted by Crippen LogP contribution is 2.33. The molecule has 3 rings (SSSR count). The molecule has 1 atom stereocenters. The lowest BCUT2D eigenvalue weighted by Crippen LogP contribution is -2.61. The van der Waals surface area contributed by atoms with Crippen molar-refractivity contribution in [2.75, 3.05) is 77.6 Å². The minimum absolute atomic E-state index is 0.164. The maximum atomic E-state index is 11.5. The average Bonchev–Trinajstić information content (AvgIpc) is 3.13. The molecule has 1 unspecified atom stereocenters. The van der Waals surface area contributed by atoms with Gasteiger partial charge in [-0.25, -0.2) is 0 Å². The van der Waals surface area contributed by atoms with E-state index in [9.17, 15) is 4.79 Å². The van der Waals surface area contributed by atoms with E-state index in [0.717, 1.165) is 65.0 Å². The molecule has 0 aromatic heterocycles. The van der Waals surface area contributed by atoms with Crippen LogP contribution in [0.4, 0.5) is 0 Å². The number of nitrogens with zero attached hydrogens (tertiary/aromatic N) is 4. The summed E-state index contributed by atoms with van der Waals surface area (Å²) >= 11 is 2.05. The van der Waals surface area contributed by atoms with Gasteiger partial charge in [0.1, 0.15) is 0 Å². The van der Waals surface area contributed by atoms with E-state index in [4.69, 9.17) is 4.74 Å². The predicted molar refractivity (Wildman–Crippen MR) is 102 cm³/mol. The zero-order chi connectivity index (χ0) is 17.7. The summed E-state index contributed by atoms with van der Waals surface area (Å²) in [6.45, 7) is 9.56. The average molecular weight is 370 g/mol. The van der Waals surface area contributed by atoms with Gasteiger partial charge in [-0.2, -0.15) is 11.8 Å². The van der Waals surface area contributed by atoms with Gasteiger partial charge in [-0.3, -0.25) is 14.7 Å². The van der Waals surface area contributed by atoms with Crippen molar-refractivity contribution in [3.63, 3.8) is 0 Å². The Morgan fingerprint density at radius 2 is 1.84 bits per heavy atom. The highest BCUT2D eigenvalue weighted by molar-refractivity contribution is 7.99. The van der Waals surface area contributed by atoms with Crippen LogP contribution in [0.3, 0.4) is 0 Å². The Kier molecular flexibility index (Phi) is 6.46. The lowest BCUT2D eigenvalue weighted by Gasteiger charge is -2.44. The number of aliphatic imine (C=N–C) groups is 1. The van der Waals surface area contributed by atoms with Crippen LogP contribution in [-0.4, -0.2) is 110 Å². The maximum absolute atomic E-state index is 11.5. The largest absolute Gasteiger partial charge is 0.379 e. The fourth-order valence-corrected chi connectivity index (χ4v) is 5.42. The van der Waals surface area contributed by atoms with E-state index in [0.29, 0.717) is 0 Å². The number of piperazine rings is 1. The molecule has 0 aromatic carbocycles. The van der Waals surface area contributed by atoms with E-state index >= 15 is 0 Å². The fraction of sp³-hybridized carbons (Fsp3) is 0.882. The van der Waals surface area contributed by atoms with Gasteiger partial charge < -0.3 is 19.9 Å². The molecular formula is C17H31N5O2S. The van der Waals surface area contributed by atoms with Crippen molar-refractivity contribution >= 4 is 23.6 Å². The van der Waals surface area contributed by atoms with E-state index < -0.39 is 0 Å². The molecule has 0 spiro atoms. The zero-order valence-corrected chi connectivity index (χ0v) is 16.3. The highest BCUT2D eigenvalue weighted by atomic mass is 32.2. The minimum atomic E-state index is 0.164. The SMILES string of the molecule is CN=C(NCC1(N2CCOCC2)CCSC1)N1CCN(C(C)=O)CC1. The number of ether oxygens (including phenoxy) is 1. The number of morpholine rings is 1. The van der Waals surface area contributed by atoms with Crippen LogP contribution in [0.25, 0.3) is 0 Å². The molecule has 1 N–H and O–H groups in total. The maximum Gasteiger partial charge on any atom is 0.219 e. The molecule has 0 bridgehead atoms. The summed E-state index contributed by atoms with van der Waals surface area (Å²) in [4.78, 5) is 22.8. The lowest BCUT2D eigenvalue weighted by atomic mass is 9.95. The zero-order valence-electron chi connectivity index (χ0n) is 15.5. The van der Waals surface area contributed by atoms with Crippen molar-refractivity contribution in [2.24, 2.45) is 4.99 Å². The first-order valence-electron chi connectivity index (χ1n) is 9.26. The molecular weight excluding hydrogens is 338 g/mol. The molecule has 0 aromatic rings. The van der Waals surface area contributed by atoms with E-state index in [1.807, 2.05) is 11.9 Å². The second-order valence-corrected chi connectivity index (χ2v) is 8.13. The quantitative estimate of drug-likeness (QED) is 0.555. The molecule has 3 fully saturated rings. The Bertz CT molecular complexity index is 481. The number of hydrogen-bond donors (Lipinski definition) is 1. The Balaban J connectivity index is 1.57. The molecule has 0 aliphatic carbocycles. The van der Waals surface area contributed by atoms with Crippen LogP contribution in [0.5, 0.6) is 0 Å². The standard InChI is InChI=1S/C17H31N5O2S/c1-15(23)20-4-6-21(7-5-20)16(18-2)19-13-17(3-12-25-14-17)22-8-10-24-11-9-22/h3-14H2,1-2H3,(H,18,19). The van der Waals surface area contributed by atoms with Crippen molar-refractivity contribution in [3.8, 4) is 0 Å². The first kappa shape index (κ1) is 18.8. The first-order chi connectivity index (χ1) is 12.1. The number of nitrogens with one attached hydrogen (secondary N) is 1. The number of hydrogen-bond acceptors (Lipinski definition) is 5. The molecule has 8 heteroatoms.